The molecule has 0 radical (unpaired) electrons. The number of benzene rings is 1. The lowest BCUT2D eigenvalue weighted by Gasteiger charge is -2.16. The number of aliphatic carboxylic acids is 1. The van der Waals surface area contributed by atoms with Crippen molar-refractivity contribution in [1.82, 2.24) is 4.31 Å². The maximum Gasteiger partial charge on any atom is 0.304 e. The molecule has 1 rings (SSSR count). The average molecular weight is 258 g/mol. The maximum absolute atomic E-state index is 11.9. The molecule has 17 heavy (non-hydrogen) atoms. The lowest BCUT2D eigenvalue weighted by molar-refractivity contribution is -0.137. The van der Waals surface area contributed by atoms with Gasteiger partial charge in [0.25, 0.3) is 0 Å². The first kappa shape index (κ1) is 13.5. The van der Waals surface area contributed by atoms with Crippen molar-refractivity contribution in [2.75, 3.05) is 19.3 Å². The van der Waals surface area contributed by atoms with Crippen molar-refractivity contribution in [3.8, 4) is 0 Å². The van der Waals surface area contributed by atoms with E-state index in [1.165, 1.54) is 31.3 Å². The highest BCUT2D eigenvalue weighted by Crippen LogP contribution is 2.15. The molecule has 0 spiro atoms. The van der Waals surface area contributed by atoms with E-state index in [1.54, 1.807) is 0 Å². The number of hydrogen-bond acceptors (Lipinski definition) is 4. The molecule has 0 aliphatic rings. The lowest BCUT2D eigenvalue weighted by atomic mass is 10.3. The lowest BCUT2D eigenvalue weighted by Crippen LogP contribution is -2.29. The minimum atomic E-state index is -3.64. The third kappa shape index (κ3) is 3.43. The van der Waals surface area contributed by atoms with Crippen LogP contribution >= 0.6 is 0 Å². The summed E-state index contributed by atoms with van der Waals surface area (Å²) in [5.74, 6) is -1.04. The molecule has 0 fully saturated rings. The number of carboxylic acid groups (broad SMARTS) is 1. The minimum Gasteiger partial charge on any atom is -0.481 e. The van der Waals surface area contributed by atoms with Gasteiger partial charge in [0.05, 0.1) is 11.3 Å². The van der Waals surface area contributed by atoms with Crippen molar-refractivity contribution in [1.29, 1.82) is 0 Å². The fourth-order valence-corrected chi connectivity index (χ4v) is 2.36. The monoisotopic (exact) mass is 258 g/mol. The van der Waals surface area contributed by atoms with Gasteiger partial charge in [-0.05, 0) is 24.3 Å². The van der Waals surface area contributed by atoms with Gasteiger partial charge in [-0.2, -0.15) is 0 Å². The van der Waals surface area contributed by atoms with Crippen LogP contribution in [0.5, 0.6) is 0 Å². The SMILES string of the molecule is CN(CCC(=O)O)S(=O)(=O)c1ccc(N)cc1. The maximum atomic E-state index is 11.9. The van der Waals surface area contributed by atoms with Crippen molar-refractivity contribution >= 4 is 21.7 Å². The van der Waals surface area contributed by atoms with Gasteiger partial charge in [-0.25, -0.2) is 12.7 Å². The van der Waals surface area contributed by atoms with Crippen LogP contribution in [0.15, 0.2) is 29.2 Å². The zero-order valence-corrected chi connectivity index (χ0v) is 10.1. The van der Waals surface area contributed by atoms with Gasteiger partial charge >= 0.3 is 5.97 Å². The van der Waals surface area contributed by atoms with Gasteiger partial charge in [0, 0.05) is 19.3 Å². The zero-order valence-electron chi connectivity index (χ0n) is 9.33. The molecule has 0 aromatic heterocycles. The molecule has 0 bridgehead atoms. The normalized spacial score (nSPS) is 11.6. The van der Waals surface area contributed by atoms with Crippen LogP contribution < -0.4 is 5.73 Å². The van der Waals surface area contributed by atoms with Gasteiger partial charge in [-0.1, -0.05) is 0 Å². The Bertz CT molecular complexity index is 496. The molecular formula is C10H14N2O4S. The predicted molar refractivity (Wildman–Crippen MR) is 62.9 cm³/mol. The predicted octanol–water partition coefficient (Wildman–Crippen LogP) is 0.364. The summed E-state index contributed by atoms with van der Waals surface area (Å²) in [6, 6.07) is 5.75. The molecule has 3 N–H and O–H groups in total. The van der Waals surface area contributed by atoms with Gasteiger partial charge in [0.15, 0.2) is 0 Å². The highest BCUT2D eigenvalue weighted by atomic mass is 32.2. The van der Waals surface area contributed by atoms with Crippen molar-refractivity contribution in [2.24, 2.45) is 0 Å². The highest BCUT2D eigenvalue weighted by Gasteiger charge is 2.20. The van der Waals surface area contributed by atoms with E-state index in [1.807, 2.05) is 0 Å². The van der Waals surface area contributed by atoms with Crippen LogP contribution in [-0.4, -0.2) is 37.4 Å². The number of hydrogen-bond donors (Lipinski definition) is 2. The average Bonchev–Trinajstić information content (AvgIpc) is 2.26. The van der Waals surface area contributed by atoms with Gasteiger partial charge < -0.3 is 10.8 Å². The first-order chi connectivity index (χ1) is 7.84. The van der Waals surface area contributed by atoms with Crippen LogP contribution in [0.2, 0.25) is 0 Å². The van der Waals surface area contributed by atoms with E-state index in [0.717, 1.165) is 4.31 Å². The molecule has 0 heterocycles. The molecule has 0 atom stereocenters. The number of carbonyl (C=O) groups is 1. The van der Waals surface area contributed by atoms with E-state index in [2.05, 4.69) is 0 Å². The van der Waals surface area contributed by atoms with E-state index < -0.39 is 16.0 Å². The van der Waals surface area contributed by atoms with E-state index in [0.29, 0.717) is 5.69 Å². The second kappa shape index (κ2) is 5.15. The number of nitrogen functional groups attached to an aromatic ring is 1. The molecule has 0 aliphatic carbocycles. The summed E-state index contributed by atoms with van der Waals surface area (Å²) in [5.41, 5.74) is 5.93. The van der Waals surface area contributed by atoms with Crippen LogP contribution in [-0.2, 0) is 14.8 Å². The van der Waals surface area contributed by atoms with E-state index >= 15 is 0 Å². The van der Waals surface area contributed by atoms with Crippen LogP contribution in [0.3, 0.4) is 0 Å². The Kier molecular flexibility index (Phi) is 4.08. The van der Waals surface area contributed by atoms with E-state index in [-0.39, 0.29) is 17.9 Å². The number of anilines is 1. The molecule has 94 valence electrons. The largest absolute Gasteiger partial charge is 0.481 e. The molecule has 7 heteroatoms. The number of sulfonamides is 1. The topological polar surface area (TPSA) is 101 Å². The number of carboxylic acids is 1. The third-order valence-corrected chi connectivity index (χ3v) is 4.10. The van der Waals surface area contributed by atoms with Crippen molar-refractivity contribution < 1.29 is 18.3 Å². The molecular weight excluding hydrogens is 244 g/mol. The Labute approximate surface area is 99.7 Å². The standard InChI is InChI=1S/C10H14N2O4S/c1-12(7-6-10(13)14)17(15,16)9-4-2-8(11)3-5-9/h2-5H,6-7,11H2,1H3,(H,13,14). The molecule has 1 aromatic rings. The summed E-state index contributed by atoms with van der Waals surface area (Å²) < 4.78 is 24.9. The highest BCUT2D eigenvalue weighted by molar-refractivity contribution is 7.89. The summed E-state index contributed by atoms with van der Waals surface area (Å²) in [5, 5.41) is 8.50. The summed E-state index contributed by atoms with van der Waals surface area (Å²) >= 11 is 0. The van der Waals surface area contributed by atoms with Crippen molar-refractivity contribution in [3.63, 3.8) is 0 Å². The summed E-state index contributed by atoms with van der Waals surface area (Å²) in [4.78, 5) is 10.5. The zero-order chi connectivity index (χ0) is 13.1. The van der Waals surface area contributed by atoms with Crippen LogP contribution in [0.4, 0.5) is 5.69 Å². The summed E-state index contributed by atoms with van der Waals surface area (Å²) in [7, 11) is -2.30. The number of nitrogens with zero attached hydrogens (tertiary/aromatic N) is 1. The molecule has 0 saturated heterocycles. The Morgan fingerprint density at radius 3 is 2.35 bits per heavy atom. The van der Waals surface area contributed by atoms with Gasteiger partial charge in [-0.15, -0.1) is 0 Å². The van der Waals surface area contributed by atoms with Crippen LogP contribution in [0.25, 0.3) is 0 Å². The molecule has 0 amide bonds. The molecule has 0 aliphatic heterocycles. The van der Waals surface area contributed by atoms with Crippen molar-refractivity contribution in [2.45, 2.75) is 11.3 Å². The molecule has 6 nitrogen and oxygen atoms in total. The summed E-state index contributed by atoms with van der Waals surface area (Å²) in [6.45, 7) is -0.0674. The fourth-order valence-electron chi connectivity index (χ4n) is 1.19. The van der Waals surface area contributed by atoms with Gasteiger partial charge in [0.2, 0.25) is 10.0 Å². The Morgan fingerprint density at radius 2 is 1.88 bits per heavy atom. The van der Waals surface area contributed by atoms with E-state index in [9.17, 15) is 13.2 Å². The first-order valence-electron chi connectivity index (χ1n) is 4.87. The number of rotatable bonds is 5. The minimum absolute atomic E-state index is 0.0674. The van der Waals surface area contributed by atoms with Crippen LogP contribution in [0, 0.1) is 0 Å². The Morgan fingerprint density at radius 1 is 1.35 bits per heavy atom. The summed E-state index contributed by atoms with van der Waals surface area (Å²) in [6.07, 6.45) is -0.231. The smallest absolute Gasteiger partial charge is 0.304 e. The number of nitrogens with two attached hydrogens (primary N) is 1. The Balaban J connectivity index is 2.87. The fraction of sp³-hybridized carbons (Fsp3) is 0.300. The Hall–Kier alpha value is -1.60. The second-order valence-corrected chi connectivity index (χ2v) is 5.58. The quantitative estimate of drug-likeness (QED) is 0.743. The van der Waals surface area contributed by atoms with Crippen LogP contribution in [0.1, 0.15) is 6.42 Å². The van der Waals surface area contributed by atoms with Gasteiger partial charge in [-0.3, -0.25) is 4.79 Å². The molecule has 0 unspecified atom stereocenters. The molecule has 1 aromatic carbocycles. The second-order valence-electron chi connectivity index (χ2n) is 3.54. The third-order valence-electron chi connectivity index (χ3n) is 2.23. The van der Waals surface area contributed by atoms with Gasteiger partial charge in [0.1, 0.15) is 0 Å². The van der Waals surface area contributed by atoms with E-state index in [4.69, 9.17) is 10.8 Å². The first-order valence-corrected chi connectivity index (χ1v) is 6.31. The van der Waals surface area contributed by atoms with Crippen molar-refractivity contribution in [3.05, 3.63) is 24.3 Å². The molecule has 0 saturated carbocycles.